The normalized spacial score (nSPS) is 25.9. The average molecular weight is 230 g/mol. The highest BCUT2D eigenvalue weighted by Gasteiger charge is 2.37. The topological polar surface area (TPSA) is 64.8 Å². The van der Waals surface area contributed by atoms with Crippen LogP contribution in [0.1, 0.15) is 27.2 Å². The van der Waals surface area contributed by atoms with Crippen molar-refractivity contribution >= 4 is 6.09 Å². The molecule has 1 fully saturated rings. The van der Waals surface area contributed by atoms with Gasteiger partial charge in [0.25, 0.3) is 0 Å². The Balaban J connectivity index is 2.61. The highest BCUT2D eigenvalue weighted by molar-refractivity contribution is 5.69. The first-order chi connectivity index (χ1) is 7.35. The first-order valence-electron chi connectivity index (χ1n) is 5.59. The van der Waals surface area contributed by atoms with E-state index in [0.717, 1.165) is 6.42 Å². The smallest absolute Gasteiger partial charge is 0.410 e. The molecule has 5 heteroatoms. The predicted octanol–water partition coefficient (Wildman–Crippen LogP) is 0.969. The summed E-state index contributed by atoms with van der Waals surface area (Å²) in [6.07, 6.45) is 0.496. The summed E-state index contributed by atoms with van der Waals surface area (Å²) in [6.45, 7) is 6.66. The van der Waals surface area contributed by atoms with E-state index in [2.05, 4.69) is 0 Å². The number of hydrogen-bond donors (Lipinski definition) is 1. The van der Waals surface area contributed by atoms with Gasteiger partial charge >= 0.3 is 6.09 Å². The zero-order valence-corrected chi connectivity index (χ0v) is 10.5. The second-order valence-electron chi connectivity index (χ2n) is 5.15. The van der Waals surface area contributed by atoms with Gasteiger partial charge in [-0.15, -0.1) is 0 Å². The summed E-state index contributed by atoms with van der Waals surface area (Å²) in [5, 5.41) is 0. The van der Waals surface area contributed by atoms with Gasteiger partial charge in [-0.3, -0.25) is 0 Å². The molecule has 0 aromatic rings. The fourth-order valence-electron chi connectivity index (χ4n) is 1.81. The maximum Gasteiger partial charge on any atom is 0.410 e. The number of nitrogens with two attached hydrogens (primary N) is 1. The molecule has 16 heavy (non-hydrogen) atoms. The Morgan fingerprint density at radius 3 is 2.62 bits per heavy atom. The predicted molar refractivity (Wildman–Crippen MR) is 61.2 cm³/mol. The molecule has 0 saturated carbocycles. The van der Waals surface area contributed by atoms with Crippen LogP contribution in [0.3, 0.4) is 0 Å². The van der Waals surface area contributed by atoms with Crippen molar-refractivity contribution in [2.75, 3.05) is 20.3 Å². The van der Waals surface area contributed by atoms with Crippen molar-refractivity contribution in [3.63, 3.8) is 0 Å². The number of carbonyl (C=O) groups excluding carboxylic acids is 1. The maximum atomic E-state index is 11.9. The quantitative estimate of drug-likeness (QED) is 0.767. The van der Waals surface area contributed by atoms with Gasteiger partial charge in [-0.25, -0.2) is 4.79 Å². The lowest BCUT2D eigenvalue weighted by Gasteiger charge is -2.29. The van der Waals surface area contributed by atoms with Crippen LogP contribution in [0.25, 0.3) is 0 Å². The molecule has 0 radical (unpaired) electrons. The first-order valence-corrected chi connectivity index (χ1v) is 5.59. The van der Waals surface area contributed by atoms with Gasteiger partial charge in [0.1, 0.15) is 5.60 Å². The molecule has 1 amide bonds. The second kappa shape index (κ2) is 5.01. The van der Waals surface area contributed by atoms with E-state index >= 15 is 0 Å². The molecule has 2 atom stereocenters. The molecule has 1 rings (SSSR count). The Bertz CT molecular complexity index is 250. The van der Waals surface area contributed by atoms with Crippen LogP contribution in [0, 0.1) is 0 Å². The summed E-state index contributed by atoms with van der Waals surface area (Å²) in [5.74, 6) is 0. The summed E-state index contributed by atoms with van der Waals surface area (Å²) in [5.41, 5.74) is 5.46. The number of ether oxygens (including phenoxy) is 2. The fraction of sp³-hybridized carbons (Fsp3) is 0.909. The van der Waals surface area contributed by atoms with Gasteiger partial charge in [0.2, 0.25) is 0 Å². The van der Waals surface area contributed by atoms with Gasteiger partial charge in [-0.2, -0.15) is 0 Å². The minimum atomic E-state index is -0.471. The van der Waals surface area contributed by atoms with Crippen molar-refractivity contribution in [2.24, 2.45) is 5.73 Å². The SMILES string of the molecule is COCC1C(N)CCN1C(=O)OC(C)(C)C. The van der Waals surface area contributed by atoms with Gasteiger partial charge in [0, 0.05) is 19.7 Å². The zero-order valence-electron chi connectivity index (χ0n) is 10.5. The van der Waals surface area contributed by atoms with Crippen LogP contribution in [0.15, 0.2) is 0 Å². The highest BCUT2D eigenvalue weighted by atomic mass is 16.6. The molecule has 1 heterocycles. The largest absolute Gasteiger partial charge is 0.444 e. The van der Waals surface area contributed by atoms with Gasteiger partial charge in [-0.05, 0) is 27.2 Å². The molecule has 5 nitrogen and oxygen atoms in total. The molecule has 1 aliphatic heterocycles. The molecule has 0 spiro atoms. The van der Waals surface area contributed by atoms with Crippen LogP contribution in [-0.4, -0.2) is 48.9 Å². The van der Waals surface area contributed by atoms with E-state index in [-0.39, 0.29) is 18.2 Å². The third-order valence-corrected chi connectivity index (χ3v) is 2.56. The van der Waals surface area contributed by atoms with Crippen LogP contribution in [-0.2, 0) is 9.47 Å². The van der Waals surface area contributed by atoms with E-state index in [1.54, 1.807) is 12.0 Å². The van der Waals surface area contributed by atoms with E-state index < -0.39 is 5.60 Å². The molecule has 1 saturated heterocycles. The van der Waals surface area contributed by atoms with E-state index in [1.807, 2.05) is 20.8 Å². The standard InChI is InChI=1S/C11H22N2O3/c1-11(2,3)16-10(14)13-6-5-8(12)9(13)7-15-4/h8-9H,5-7,12H2,1-4H3. The van der Waals surface area contributed by atoms with Crippen molar-refractivity contribution in [3.05, 3.63) is 0 Å². The van der Waals surface area contributed by atoms with Crippen LogP contribution in [0.4, 0.5) is 4.79 Å². The van der Waals surface area contributed by atoms with Crippen molar-refractivity contribution in [2.45, 2.75) is 44.9 Å². The third kappa shape index (κ3) is 3.35. The van der Waals surface area contributed by atoms with Crippen molar-refractivity contribution in [1.29, 1.82) is 0 Å². The first kappa shape index (κ1) is 13.3. The Morgan fingerprint density at radius 2 is 2.12 bits per heavy atom. The van der Waals surface area contributed by atoms with Gasteiger partial charge in [-0.1, -0.05) is 0 Å². The maximum absolute atomic E-state index is 11.9. The lowest BCUT2D eigenvalue weighted by Crippen LogP contribution is -2.47. The van der Waals surface area contributed by atoms with E-state index in [4.69, 9.17) is 15.2 Å². The summed E-state index contributed by atoms with van der Waals surface area (Å²) in [4.78, 5) is 13.6. The van der Waals surface area contributed by atoms with Gasteiger partial charge < -0.3 is 20.1 Å². The summed E-state index contributed by atoms with van der Waals surface area (Å²) in [6, 6.07) is -0.0904. The highest BCUT2D eigenvalue weighted by Crippen LogP contribution is 2.20. The summed E-state index contributed by atoms with van der Waals surface area (Å²) >= 11 is 0. The number of likely N-dealkylation sites (tertiary alicyclic amines) is 1. The Labute approximate surface area is 96.9 Å². The van der Waals surface area contributed by atoms with Crippen molar-refractivity contribution in [3.8, 4) is 0 Å². The summed E-state index contributed by atoms with van der Waals surface area (Å²) < 4.78 is 10.4. The van der Waals surface area contributed by atoms with Crippen LogP contribution in [0.2, 0.25) is 0 Å². The molecule has 0 aromatic heterocycles. The van der Waals surface area contributed by atoms with Crippen LogP contribution < -0.4 is 5.73 Å². The molecule has 94 valence electrons. The molecule has 2 unspecified atom stereocenters. The lowest BCUT2D eigenvalue weighted by atomic mass is 10.1. The number of carbonyl (C=O) groups is 1. The molecule has 1 aliphatic rings. The molecule has 0 aromatic carbocycles. The number of hydrogen-bond acceptors (Lipinski definition) is 4. The molecule has 2 N–H and O–H groups in total. The number of rotatable bonds is 2. The third-order valence-electron chi connectivity index (χ3n) is 2.56. The molecular formula is C11H22N2O3. The Morgan fingerprint density at radius 1 is 1.50 bits per heavy atom. The fourth-order valence-corrected chi connectivity index (χ4v) is 1.81. The summed E-state index contributed by atoms with van der Waals surface area (Å²) in [7, 11) is 1.61. The van der Waals surface area contributed by atoms with Crippen molar-refractivity contribution in [1.82, 2.24) is 4.90 Å². The van der Waals surface area contributed by atoms with Crippen LogP contribution in [0.5, 0.6) is 0 Å². The van der Waals surface area contributed by atoms with Gasteiger partial charge in [0.15, 0.2) is 0 Å². The molecule has 0 aliphatic carbocycles. The van der Waals surface area contributed by atoms with E-state index in [1.165, 1.54) is 0 Å². The number of amides is 1. The molecular weight excluding hydrogens is 208 g/mol. The Hall–Kier alpha value is -0.810. The molecule has 0 bridgehead atoms. The number of methoxy groups -OCH3 is 1. The van der Waals surface area contributed by atoms with E-state index in [9.17, 15) is 4.79 Å². The number of nitrogens with zero attached hydrogens (tertiary/aromatic N) is 1. The van der Waals surface area contributed by atoms with Crippen molar-refractivity contribution < 1.29 is 14.3 Å². The second-order valence-corrected chi connectivity index (χ2v) is 5.15. The lowest BCUT2D eigenvalue weighted by molar-refractivity contribution is 0.0137. The minimum Gasteiger partial charge on any atom is -0.444 e. The monoisotopic (exact) mass is 230 g/mol. The zero-order chi connectivity index (χ0) is 12.3. The Kier molecular flexibility index (Phi) is 4.15. The van der Waals surface area contributed by atoms with E-state index in [0.29, 0.717) is 13.2 Å². The van der Waals surface area contributed by atoms with Crippen LogP contribution >= 0.6 is 0 Å². The van der Waals surface area contributed by atoms with Gasteiger partial charge in [0.05, 0.1) is 12.6 Å². The average Bonchev–Trinajstić information content (AvgIpc) is 2.46. The minimum absolute atomic E-state index is 0.0209.